The number of rotatable bonds is 5. The first-order valence-corrected chi connectivity index (χ1v) is 8.76. The van der Waals surface area contributed by atoms with Crippen molar-refractivity contribution in [1.82, 2.24) is 34.2 Å². The molecule has 0 saturated carbocycles. The van der Waals surface area contributed by atoms with Gasteiger partial charge in [0, 0.05) is 38.1 Å². The molecule has 0 bridgehead atoms. The summed E-state index contributed by atoms with van der Waals surface area (Å²) in [6, 6.07) is 6.11. The van der Waals surface area contributed by atoms with Crippen LogP contribution in [0.5, 0.6) is 0 Å². The van der Waals surface area contributed by atoms with Gasteiger partial charge in [0.2, 0.25) is 0 Å². The van der Waals surface area contributed by atoms with Crippen LogP contribution in [0.4, 0.5) is 0 Å². The number of likely N-dealkylation sites (tertiary alicyclic amines) is 1. The van der Waals surface area contributed by atoms with Crippen LogP contribution < -0.4 is 0 Å². The van der Waals surface area contributed by atoms with Crippen molar-refractivity contribution in [2.45, 2.75) is 31.8 Å². The molecule has 1 fully saturated rings. The van der Waals surface area contributed by atoms with Crippen molar-refractivity contribution in [2.75, 3.05) is 13.1 Å². The third-order valence-electron chi connectivity index (χ3n) is 4.95. The van der Waals surface area contributed by atoms with Crippen molar-refractivity contribution >= 4 is 0 Å². The van der Waals surface area contributed by atoms with Gasteiger partial charge in [-0.05, 0) is 38.1 Å². The molecule has 4 heterocycles. The molecule has 3 aromatic heterocycles. The zero-order valence-corrected chi connectivity index (χ0v) is 14.5. The van der Waals surface area contributed by atoms with E-state index in [1.54, 1.807) is 6.20 Å². The molecular formula is C18H23N7. The smallest absolute Gasteiger partial charge is 0.152 e. The Bertz CT molecular complexity index is 786. The summed E-state index contributed by atoms with van der Waals surface area (Å²) < 4.78 is 4.17. The van der Waals surface area contributed by atoms with Crippen LogP contribution in [-0.4, -0.2) is 47.3 Å². The van der Waals surface area contributed by atoms with E-state index in [4.69, 9.17) is 0 Å². The second-order valence-corrected chi connectivity index (χ2v) is 6.64. The number of imidazole rings is 1. The van der Waals surface area contributed by atoms with Crippen molar-refractivity contribution in [3.63, 3.8) is 0 Å². The topological polar surface area (TPSA) is 64.7 Å². The van der Waals surface area contributed by atoms with Crippen LogP contribution in [0, 0.1) is 0 Å². The van der Waals surface area contributed by atoms with Crippen LogP contribution in [0.1, 0.15) is 36.1 Å². The van der Waals surface area contributed by atoms with Crippen molar-refractivity contribution in [1.29, 1.82) is 0 Å². The minimum atomic E-state index is 0.481. The number of hydrogen-bond acceptors (Lipinski definition) is 5. The van der Waals surface area contributed by atoms with Gasteiger partial charge >= 0.3 is 0 Å². The minimum Gasteiger partial charge on any atom is -0.330 e. The second kappa shape index (κ2) is 7.14. The summed E-state index contributed by atoms with van der Waals surface area (Å²) in [5.74, 6) is 2.56. The number of hydrogen-bond donors (Lipinski definition) is 0. The van der Waals surface area contributed by atoms with Crippen LogP contribution >= 0.6 is 0 Å². The van der Waals surface area contributed by atoms with Crippen molar-refractivity contribution in [2.24, 2.45) is 7.05 Å². The number of nitrogens with zero attached hydrogens (tertiary/aromatic N) is 7. The first kappa shape index (κ1) is 16.0. The summed E-state index contributed by atoms with van der Waals surface area (Å²) in [7, 11) is 2.07. The van der Waals surface area contributed by atoms with E-state index in [2.05, 4.69) is 48.8 Å². The third-order valence-corrected chi connectivity index (χ3v) is 4.95. The maximum atomic E-state index is 4.48. The maximum Gasteiger partial charge on any atom is 0.152 e. The van der Waals surface area contributed by atoms with E-state index in [9.17, 15) is 0 Å². The van der Waals surface area contributed by atoms with Crippen LogP contribution in [0.3, 0.4) is 0 Å². The lowest BCUT2D eigenvalue weighted by atomic mass is 9.96. The standard InChI is InChI=1S/C18H23N7/c1-23-17(13-25-11-8-19-14-25)21-22-18(23)15-5-9-24(10-6-15)12-16-4-2-3-7-20-16/h2-4,7-8,11,14-15H,5-6,9-10,12-13H2,1H3. The monoisotopic (exact) mass is 337 g/mol. The Hall–Kier alpha value is -2.54. The molecule has 0 radical (unpaired) electrons. The summed E-state index contributed by atoms with van der Waals surface area (Å²) in [5.41, 5.74) is 1.14. The summed E-state index contributed by atoms with van der Waals surface area (Å²) in [6.45, 7) is 3.79. The first-order chi connectivity index (χ1) is 12.3. The molecule has 0 aromatic carbocycles. The fourth-order valence-electron chi connectivity index (χ4n) is 3.48. The second-order valence-electron chi connectivity index (χ2n) is 6.64. The highest BCUT2D eigenvalue weighted by atomic mass is 15.3. The van der Waals surface area contributed by atoms with Gasteiger partial charge in [0.05, 0.1) is 18.6 Å². The maximum absolute atomic E-state index is 4.48. The predicted molar refractivity (Wildman–Crippen MR) is 93.8 cm³/mol. The largest absolute Gasteiger partial charge is 0.330 e. The lowest BCUT2D eigenvalue weighted by molar-refractivity contribution is 0.198. The van der Waals surface area contributed by atoms with Crippen LogP contribution in [0.2, 0.25) is 0 Å². The molecule has 1 saturated heterocycles. The highest BCUT2D eigenvalue weighted by molar-refractivity contribution is 5.06. The number of aromatic nitrogens is 6. The Morgan fingerprint density at radius 3 is 2.68 bits per heavy atom. The van der Waals surface area contributed by atoms with Crippen molar-refractivity contribution < 1.29 is 0 Å². The van der Waals surface area contributed by atoms with E-state index in [1.807, 2.05) is 29.4 Å². The van der Waals surface area contributed by atoms with Crippen LogP contribution in [0.15, 0.2) is 43.1 Å². The number of piperidine rings is 1. The van der Waals surface area contributed by atoms with E-state index < -0.39 is 0 Å². The fourth-order valence-corrected chi connectivity index (χ4v) is 3.48. The molecule has 3 aromatic rings. The molecule has 130 valence electrons. The zero-order valence-electron chi connectivity index (χ0n) is 14.5. The van der Waals surface area contributed by atoms with Gasteiger partial charge in [-0.1, -0.05) is 6.07 Å². The van der Waals surface area contributed by atoms with Crippen LogP contribution in [-0.2, 0) is 20.1 Å². The molecule has 25 heavy (non-hydrogen) atoms. The Kier molecular flexibility index (Phi) is 4.56. The summed E-state index contributed by atoms with van der Waals surface area (Å²) in [4.78, 5) is 11.0. The molecular weight excluding hydrogens is 314 g/mol. The molecule has 1 aliphatic heterocycles. The first-order valence-electron chi connectivity index (χ1n) is 8.76. The van der Waals surface area contributed by atoms with Gasteiger partial charge in [0.1, 0.15) is 5.82 Å². The molecule has 7 nitrogen and oxygen atoms in total. The van der Waals surface area contributed by atoms with Gasteiger partial charge in [0.25, 0.3) is 0 Å². The Balaban J connectivity index is 1.37. The number of pyridine rings is 1. The molecule has 0 amide bonds. The zero-order chi connectivity index (χ0) is 17.1. The van der Waals surface area contributed by atoms with E-state index in [-0.39, 0.29) is 0 Å². The van der Waals surface area contributed by atoms with Gasteiger partial charge in [0.15, 0.2) is 5.82 Å². The van der Waals surface area contributed by atoms with Crippen molar-refractivity contribution in [3.05, 3.63) is 60.5 Å². The molecule has 1 aliphatic rings. The Morgan fingerprint density at radius 1 is 1.08 bits per heavy atom. The third kappa shape index (κ3) is 3.61. The quantitative estimate of drug-likeness (QED) is 0.711. The summed E-state index contributed by atoms with van der Waals surface area (Å²) in [5, 5.41) is 8.87. The molecule has 4 rings (SSSR count). The highest BCUT2D eigenvalue weighted by Gasteiger charge is 2.25. The normalized spacial score (nSPS) is 16.4. The van der Waals surface area contributed by atoms with E-state index in [0.717, 1.165) is 49.8 Å². The highest BCUT2D eigenvalue weighted by Crippen LogP contribution is 2.27. The fraction of sp³-hybridized carbons (Fsp3) is 0.444. The minimum absolute atomic E-state index is 0.481. The average Bonchev–Trinajstić information content (AvgIpc) is 3.28. The molecule has 0 spiro atoms. The van der Waals surface area contributed by atoms with Gasteiger partial charge < -0.3 is 9.13 Å². The van der Waals surface area contributed by atoms with Gasteiger partial charge in [-0.2, -0.15) is 0 Å². The van der Waals surface area contributed by atoms with Gasteiger partial charge in [-0.3, -0.25) is 9.88 Å². The predicted octanol–water partition coefficient (Wildman–Crippen LogP) is 1.83. The Labute approximate surface area is 147 Å². The summed E-state index contributed by atoms with van der Waals surface area (Å²) >= 11 is 0. The van der Waals surface area contributed by atoms with Crippen molar-refractivity contribution in [3.8, 4) is 0 Å². The molecule has 0 atom stereocenters. The van der Waals surface area contributed by atoms with E-state index >= 15 is 0 Å². The molecule has 0 unspecified atom stereocenters. The lowest BCUT2D eigenvalue weighted by Crippen LogP contribution is -2.33. The molecule has 0 N–H and O–H groups in total. The lowest BCUT2D eigenvalue weighted by Gasteiger charge is -2.31. The SMILES string of the molecule is Cn1c(Cn2ccnc2)nnc1C1CCN(Cc2ccccn2)CC1. The Morgan fingerprint density at radius 2 is 1.96 bits per heavy atom. The van der Waals surface area contributed by atoms with Crippen LogP contribution in [0.25, 0.3) is 0 Å². The van der Waals surface area contributed by atoms with E-state index in [1.165, 1.54) is 0 Å². The molecule has 7 heteroatoms. The van der Waals surface area contributed by atoms with Gasteiger partial charge in [-0.25, -0.2) is 4.98 Å². The molecule has 0 aliphatic carbocycles. The van der Waals surface area contributed by atoms with E-state index in [0.29, 0.717) is 12.5 Å². The van der Waals surface area contributed by atoms with Gasteiger partial charge in [-0.15, -0.1) is 10.2 Å². The summed E-state index contributed by atoms with van der Waals surface area (Å²) in [6.07, 6.45) is 9.64. The average molecular weight is 337 g/mol.